The highest BCUT2D eigenvalue weighted by Gasteiger charge is 2.29. The van der Waals surface area contributed by atoms with Crippen molar-refractivity contribution in [2.45, 2.75) is 24.7 Å². The monoisotopic (exact) mass is 497 g/mol. The average molecular weight is 498 g/mol. The maximum Gasteiger partial charge on any atom is 0.246 e. The smallest absolute Gasteiger partial charge is 0.246 e. The summed E-state index contributed by atoms with van der Waals surface area (Å²) in [7, 11) is -3.65. The second kappa shape index (κ2) is 11.2. The first kappa shape index (κ1) is 25.1. The number of likely N-dealkylation sites (tertiary alicyclic amines) is 1. The van der Waals surface area contributed by atoms with E-state index in [4.69, 9.17) is 4.74 Å². The molecule has 1 N–H and O–H groups in total. The first-order valence-corrected chi connectivity index (χ1v) is 13.3. The molecule has 8 nitrogen and oxygen atoms in total. The molecule has 0 spiro atoms. The van der Waals surface area contributed by atoms with Crippen molar-refractivity contribution >= 4 is 33.6 Å². The Kier molecular flexibility index (Phi) is 8.00. The lowest BCUT2D eigenvalue weighted by Crippen LogP contribution is -2.41. The number of rotatable bonds is 6. The van der Waals surface area contributed by atoms with Gasteiger partial charge in [0.15, 0.2) is 0 Å². The van der Waals surface area contributed by atoms with E-state index in [-0.39, 0.29) is 22.6 Å². The molecule has 4 rings (SSSR count). The van der Waals surface area contributed by atoms with E-state index in [1.165, 1.54) is 10.4 Å². The summed E-state index contributed by atoms with van der Waals surface area (Å²) in [5.74, 6) is -0.457. The second-order valence-electron chi connectivity index (χ2n) is 8.83. The maximum atomic E-state index is 13.0. The number of aryl methyl sites for hydroxylation is 1. The summed E-state index contributed by atoms with van der Waals surface area (Å²) in [5.41, 5.74) is 2.25. The molecule has 2 fully saturated rings. The highest BCUT2D eigenvalue weighted by molar-refractivity contribution is 7.89. The Hall–Kier alpha value is -3.01. The van der Waals surface area contributed by atoms with Gasteiger partial charge in [0, 0.05) is 43.9 Å². The molecule has 2 saturated heterocycles. The van der Waals surface area contributed by atoms with Crippen LogP contribution in [0.4, 0.5) is 5.69 Å². The van der Waals surface area contributed by atoms with E-state index in [0.717, 1.165) is 11.1 Å². The van der Waals surface area contributed by atoms with E-state index in [1.54, 1.807) is 29.2 Å². The predicted molar refractivity (Wildman–Crippen MR) is 134 cm³/mol. The molecule has 0 unspecified atom stereocenters. The van der Waals surface area contributed by atoms with Crippen molar-refractivity contribution in [1.29, 1.82) is 0 Å². The lowest BCUT2D eigenvalue weighted by molar-refractivity contribution is -0.130. The molecule has 2 aliphatic rings. The Balaban J connectivity index is 1.35. The lowest BCUT2D eigenvalue weighted by atomic mass is 9.95. The molecule has 0 aromatic heterocycles. The van der Waals surface area contributed by atoms with Crippen LogP contribution in [-0.4, -0.2) is 68.8 Å². The second-order valence-corrected chi connectivity index (χ2v) is 10.8. The van der Waals surface area contributed by atoms with Crippen molar-refractivity contribution in [3.8, 4) is 0 Å². The quantitative estimate of drug-likeness (QED) is 0.619. The van der Waals surface area contributed by atoms with Crippen LogP contribution in [0.5, 0.6) is 0 Å². The molecule has 0 aliphatic carbocycles. The Morgan fingerprint density at radius 3 is 2.37 bits per heavy atom. The summed E-state index contributed by atoms with van der Waals surface area (Å²) in [6.07, 6.45) is 4.48. The number of carbonyl (C=O) groups is 2. The number of ether oxygens (including phenoxy) is 1. The molecule has 2 amide bonds. The fraction of sp³-hybridized carbons (Fsp3) is 0.385. The molecule has 2 aromatic rings. The lowest BCUT2D eigenvalue weighted by Gasteiger charge is -2.31. The van der Waals surface area contributed by atoms with Gasteiger partial charge in [-0.2, -0.15) is 4.31 Å². The third kappa shape index (κ3) is 6.17. The van der Waals surface area contributed by atoms with Gasteiger partial charge in [-0.05, 0) is 49.1 Å². The number of nitrogens with one attached hydrogen (secondary N) is 1. The van der Waals surface area contributed by atoms with Crippen molar-refractivity contribution in [3.05, 3.63) is 65.7 Å². The van der Waals surface area contributed by atoms with Crippen LogP contribution in [0.1, 0.15) is 24.0 Å². The standard InChI is InChI=1S/C26H31N3O5S/c1-20-7-9-23(35(32,33)29-15-17-34-18-16-29)19-24(20)27-26(31)22-11-13-28(14-12-22)25(30)10-8-21-5-3-2-4-6-21/h2-10,19,22H,11-18H2,1H3,(H,27,31)/b10-8+. The minimum atomic E-state index is -3.65. The van der Waals surface area contributed by atoms with Crippen molar-refractivity contribution in [3.63, 3.8) is 0 Å². The Bertz CT molecular complexity index is 1180. The average Bonchev–Trinajstić information content (AvgIpc) is 2.89. The predicted octanol–water partition coefficient (Wildman–Crippen LogP) is 2.91. The van der Waals surface area contributed by atoms with Crippen LogP contribution in [0.2, 0.25) is 0 Å². The zero-order chi connectivity index (χ0) is 24.8. The molecule has 35 heavy (non-hydrogen) atoms. The molecule has 0 atom stereocenters. The van der Waals surface area contributed by atoms with Gasteiger partial charge in [-0.3, -0.25) is 9.59 Å². The minimum absolute atomic E-state index is 0.0652. The summed E-state index contributed by atoms with van der Waals surface area (Å²) in [4.78, 5) is 27.4. The number of benzene rings is 2. The molecule has 2 aliphatic heterocycles. The van der Waals surface area contributed by atoms with E-state index in [2.05, 4.69) is 5.32 Å². The normalized spacial score (nSPS) is 18.0. The van der Waals surface area contributed by atoms with Gasteiger partial charge < -0.3 is 15.0 Å². The van der Waals surface area contributed by atoms with Crippen LogP contribution in [0.25, 0.3) is 6.08 Å². The zero-order valence-corrected chi connectivity index (χ0v) is 20.7. The number of hydrogen-bond acceptors (Lipinski definition) is 5. The van der Waals surface area contributed by atoms with Crippen LogP contribution < -0.4 is 5.32 Å². The van der Waals surface area contributed by atoms with E-state index in [1.807, 2.05) is 37.3 Å². The zero-order valence-electron chi connectivity index (χ0n) is 19.9. The van der Waals surface area contributed by atoms with Crippen LogP contribution >= 0.6 is 0 Å². The number of amides is 2. The molecular formula is C26H31N3O5S. The first-order chi connectivity index (χ1) is 16.8. The molecule has 2 heterocycles. The number of carbonyl (C=O) groups excluding carboxylic acids is 2. The molecular weight excluding hydrogens is 466 g/mol. The van der Waals surface area contributed by atoms with Crippen LogP contribution in [0, 0.1) is 12.8 Å². The van der Waals surface area contributed by atoms with Crippen LogP contribution in [0.3, 0.4) is 0 Å². The molecule has 2 aromatic carbocycles. The molecule has 0 radical (unpaired) electrons. The third-order valence-corrected chi connectivity index (χ3v) is 8.36. The molecule has 0 bridgehead atoms. The van der Waals surface area contributed by atoms with E-state index < -0.39 is 10.0 Å². The fourth-order valence-electron chi connectivity index (χ4n) is 4.27. The number of anilines is 1. The number of piperidine rings is 1. The number of sulfonamides is 1. The number of hydrogen-bond donors (Lipinski definition) is 1. The molecule has 9 heteroatoms. The summed E-state index contributed by atoms with van der Waals surface area (Å²) in [6, 6.07) is 14.5. The van der Waals surface area contributed by atoms with Crippen LogP contribution in [-0.2, 0) is 24.3 Å². The van der Waals surface area contributed by atoms with Crippen molar-refractivity contribution < 1.29 is 22.7 Å². The Morgan fingerprint density at radius 2 is 1.69 bits per heavy atom. The summed E-state index contributed by atoms with van der Waals surface area (Å²) in [6.45, 7) is 4.21. The maximum absolute atomic E-state index is 13.0. The topological polar surface area (TPSA) is 96.0 Å². The Labute approximate surface area is 206 Å². The number of morpholine rings is 1. The van der Waals surface area contributed by atoms with Crippen LogP contribution in [0.15, 0.2) is 59.5 Å². The van der Waals surface area contributed by atoms with Crippen molar-refractivity contribution in [2.75, 3.05) is 44.7 Å². The van der Waals surface area contributed by atoms with Gasteiger partial charge in [0.05, 0.1) is 18.1 Å². The van der Waals surface area contributed by atoms with Gasteiger partial charge in [0.2, 0.25) is 21.8 Å². The largest absolute Gasteiger partial charge is 0.379 e. The molecule has 0 saturated carbocycles. The minimum Gasteiger partial charge on any atom is -0.379 e. The summed E-state index contributed by atoms with van der Waals surface area (Å²) in [5, 5.41) is 2.92. The summed E-state index contributed by atoms with van der Waals surface area (Å²) >= 11 is 0. The highest BCUT2D eigenvalue weighted by Crippen LogP contribution is 2.26. The van der Waals surface area contributed by atoms with Gasteiger partial charge in [-0.25, -0.2) is 8.42 Å². The van der Waals surface area contributed by atoms with Gasteiger partial charge in [-0.15, -0.1) is 0 Å². The SMILES string of the molecule is Cc1ccc(S(=O)(=O)N2CCOCC2)cc1NC(=O)C1CCN(C(=O)/C=C/c2ccccc2)CC1. The van der Waals surface area contributed by atoms with Crippen molar-refractivity contribution in [1.82, 2.24) is 9.21 Å². The van der Waals surface area contributed by atoms with Crippen molar-refractivity contribution in [2.24, 2.45) is 5.92 Å². The summed E-state index contributed by atoms with van der Waals surface area (Å²) < 4.78 is 32.7. The fourth-order valence-corrected chi connectivity index (χ4v) is 5.70. The van der Waals surface area contributed by atoms with E-state index in [9.17, 15) is 18.0 Å². The van der Waals surface area contributed by atoms with Gasteiger partial charge >= 0.3 is 0 Å². The molecule has 186 valence electrons. The van der Waals surface area contributed by atoms with E-state index in [0.29, 0.717) is 57.9 Å². The van der Waals surface area contributed by atoms with Gasteiger partial charge in [0.25, 0.3) is 0 Å². The van der Waals surface area contributed by atoms with Gasteiger partial charge in [-0.1, -0.05) is 36.4 Å². The highest BCUT2D eigenvalue weighted by atomic mass is 32.2. The Morgan fingerprint density at radius 1 is 1.00 bits per heavy atom. The number of nitrogens with zero attached hydrogens (tertiary/aromatic N) is 2. The third-order valence-electron chi connectivity index (χ3n) is 6.47. The first-order valence-electron chi connectivity index (χ1n) is 11.9. The van der Waals surface area contributed by atoms with Gasteiger partial charge in [0.1, 0.15) is 0 Å². The van der Waals surface area contributed by atoms with E-state index >= 15 is 0 Å².